The van der Waals surface area contributed by atoms with Gasteiger partial charge in [-0.3, -0.25) is 0 Å². The fourth-order valence-electron chi connectivity index (χ4n) is 3.06. The summed E-state index contributed by atoms with van der Waals surface area (Å²) < 4.78 is 173. The van der Waals surface area contributed by atoms with Crippen molar-refractivity contribution < 1.29 is 62.2 Å². The molecule has 0 amide bonds. The fraction of sp³-hybridized carbons (Fsp3) is 0.429. The summed E-state index contributed by atoms with van der Waals surface area (Å²) in [4.78, 5) is 0. The van der Waals surface area contributed by atoms with Crippen molar-refractivity contribution in [1.29, 1.82) is 0 Å². The first-order valence-electron chi connectivity index (χ1n) is 9.44. The number of alkyl halides is 13. The number of hydrogen-bond acceptors (Lipinski definition) is 1. The monoisotopic (exact) mass is 530 g/mol. The summed E-state index contributed by atoms with van der Waals surface area (Å²) in [6.07, 6.45) is -10.2. The Hall–Kier alpha value is -2.51. The molecule has 0 saturated carbocycles. The van der Waals surface area contributed by atoms with E-state index in [-0.39, 0.29) is 6.92 Å². The van der Waals surface area contributed by atoms with Gasteiger partial charge in [0.2, 0.25) is 0 Å². The van der Waals surface area contributed by atoms with E-state index < -0.39 is 53.4 Å². The number of rotatable bonds is 8. The second-order valence-corrected chi connectivity index (χ2v) is 7.64. The van der Waals surface area contributed by atoms with Gasteiger partial charge in [0, 0.05) is 0 Å². The van der Waals surface area contributed by atoms with Crippen LogP contribution in [0.3, 0.4) is 0 Å². The zero-order valence-corrected chi connectivity index (χ0v) is 17.2. The second kappa shape index (κ2) is 8.86. The molecule has 2 atom stereocenters. The first kappa shape index (κ1) is 28.7. The number of aliphatic hydroxyl groups excluding tert-OH is 1. The molecule has 0 heterocycles. The summed E-state index contributed by atoms with van der Waals surface area (Å²) >= 11 is 0. The van der Waals surface area contributed by atoms with E-state index in [2.05, 4.69) is 0 Å². The third-order valence-corrected chi connectivity index (χ3v) is 5.36. The Labute approximate surface area is 189 Å². The van der Waals surface area contributed by atoms with E-state index in [1.165, 1.54) is 12.1 Å². The average Bonchev–Trinajstić information content (AvgIpc) is 2.77. The fourth-order valence-corrected chi connectivity index (χ4v) is 3.06. The largest absolute Gasteiger partial charge is 0.460 e. The van der Waals surface area contributed by atoms with Gasteiger partial charge < -0.3 is 5.11 Å². The van der Waals surface area contributed by atoms with Crippen LogP contribution in [0.2, 0.25) is 0 Å². The number of hydrogen-bond donors (Lipinski definition) is 1. The van der Waals surface area contributed by atoms with Crippen LogP contribution in [0.4, 0.5) is 57.1 Å². The van der Waals surface area contributed by atoms with Crippen LogP contribution in [-0.4, -0.2) is 40.9 Å². The molecule has 2 rings (SSSR count). The normalized spacial score (nSPS) is 16.2. The third kappa shape index (κ3) is 4.45. The van der Waals surface area contributed by atoms with Gasteiger partial charge >= 0.3 is 35.8 Å². The minimum atomic E-state index is -7.98. The highest BCUT2D eigenvalue weighted by molar-refractivity contribution is 5.63. The Kier molecular flexibility index (Phi) is 7.27. The molecule has 0 aliphatic rings. The van der Waals surface area contributed by atoms with Crippen molar-refractivity contribution in [3.05, 3.63) is 60.2 Å². The van der Waals surface area contributed by atoms with Crippen LogP contribution in [0.15, 0.2) is 54.6 Å². The van der Waals surface area contributed by atoms with Gasteiger partial charge in [0.25, 0.3) is 0 Å². The van der Waals surface area contributed by atoms with Crippen molar-refractivity contribution in [2.45, 2.75) is 48.8 Å². The Morgan fingerprint density at radius 3 is 1.37 bits per heavy atom. The van der Waals surface area contributed by atoms with Gasteiger partial charge in [0.05, 0.1) is 12.0 Å². The summed E-state index contributed by atoms with van der Waals surface area (Å²) in [7, 11) is 0. The van der Waals surface area contributed by atoms with Crippen molar-refractivity contribution >= 4 is 0 Å². The molecule has 14 heteroatoms. The summed E-state index contributed by atoms with van der Waals surface area (Å²) in [6.45, 7) is 0.0137. The molecule has 0 aliphatic carbocycles. The van der Waals surface area contributed by atoms with Gasteiger partial charge in [-0.2, -0.15) is 57.1 Å². The van der Waals surface area contributed by atoms with Crippen LogP contribution < -0.4 is 0 Å². The zero-order chi connectivity index (χ0) is 27.3. The van der Waals surface area contributed by atoms with E-state index in [4.69, 9.17) is 0 Å². The maximum atomic E-state index is 14.3. The van der Waals surface area contributed by atoms with E-state index in [0.717, 1.165) is 12.1 Å². The molecule has 0 spiro atoms. The average molecular weight is 530 g/mol. The maximum absolute atomic E-state index is 14.3. The third-order valence-electron chi connectivity index (χ3n) is 5.36. The zero-order valence-electron chi connectivity index (χ0n) is 17.2. The van der Waals surface area contributed by atoms with Gasteiger partial charge in [-0.05, 0) is 16.7 Å². The molecule has 2 unspecified atom stereocenters. The van der Waals surface area contributed by atoms with Crippen LogP contribution in [0.5, 0.6) is 0 Å². The summed E-state index contributed by atoms with van der Waals surface area (Å²) in [5.41, 5.74) is 0.445. The number of aliphatic hydroxyl groups is 1. The molecular formula is C21H15F13O. The lowest BCUT2D eigenvalue weighted by Crippen LogP contribution is -2.71. The van der Waals surface area contributed by atoms with E-state index in [0.29, 0.717) is 11.1 Å². The van der Waals surface area contributed by atoms with Crippen molar-refractivity contribution in [3.63, 3.8) is 0 Å². The first-order chi connectivity index (χ1) is 15.6. The van der Waals surface area contributed by atoms with Crippen LogP contribution in [0.1, 0.15) is 18.6 Å². The highest BCUT2D eigenvalue weighted by Crippen LogP contribution is 2.62. The molecule has 0 bridgehead atoms. The number of halogens is 13. The highest BCUT2D eigenvalue weighted by Gasteiger charge is 2.91. The Bertz CT molecular complexity index is 998. The van der Waals surface area contributed by atoms with Crippen molar-refractivity contribution in [2.75, 3.05) is 0 Å². The van der Waals surface area contributed by atoms with Crippen molar-refractivity contribution in [3.8, 4) is 11.1 Å². The lowest BCUT2D eigenvalue weighted by atomic mass is 9.83. The SMILES string of the molecule is CC(C(O)c1ccc(-c2ccccc2)cc1)C(F)(F)C(F)(F)C(F)(F)C(F)(F)C(F)(F)C(F)(F)F. The van der Waals surface area contributed by atoms with Gasteiger partial charge in [-0.25, -0.2) is 0 Å². The van der Waals surface area contributed by atoms with Crippen LogP contribution in [0.25, 0.3) is 11.1 Å². The molecule has 196 valence electrons. The van der Waals surface area contributed by atoms with Gasteiger partial charge in [-0.15, -0.1) is 0 Å². The molecule has 0 fully saturated rings. The highest BCUT2D eigenvalue weighted by atomic mass is 19.4. The first-order valence-corrected chi connectivity index (χ1v) is 9.44. The number of benzene rings is 2. The lowest BCUT2D eigenvalue weighted by molar-refractivity contribution is -0.444. The van der Waals surface area contributed by atoms with E-state index in [1.807, 2.05) is 0 Å². The standard InChI is InChI=1S/C21H15F13O/c1-11(15(35)14-9-7-13(8-10-14)12-5-3-2-4-6-12)16(22,23)17(24,25)18(26,27)19(28,29)20(30,31)21(32,33)34/h2-11,15,35H,1H3. The predicted molar refractivity (Wildman–Crippen MR) is 96.8 cm³/mol. The topological polar surface area (TPSA) is 20.2 Å². The molecule has 2 aromatic rings. The Morgan fingerprint density at radius 2 is 0.943 bits per heavy atom. The van der Waals surface area contributed by atoms with Gasteiger partial charge in [0.15, 0.2) is 0 Å². The van der Waals surface area contributed by atoms with Gasteiger partial charge in [-0.1, -0.05) is 61.5 Å². The quantitative estimate of drug-likeness (QED) is 0.346. The molecule has 0 aliphatic heterocycles. The van der Waals surface area contributed by atoms with E-state index >= 15 is 0 Å². The Morgan fingerprint density at radius 1 is 0.543 bits per heavy atom. The maximum Gasteiger partial charge on any atom is 0.460 e. The Balaban J connectivity index is 2.41. The molecule has 0 aromatic heterocycles. The molecule has 2 aromatic carbocycles. The molecule has 1 nitrogen and oxygen atoms in total. The lowest BCUT2D eigenvalue weighted by Gasteiger charge is -2.42. The van der Waals surface area contributed by atoms with E-state index in [9.17, 15) is 62.2 Å². The summed E-state index contributed by atoms with van der Waals surface area (Å²) in [5.74, 6) is -40.9. The van der Waals surface area contributed by atoms with Crippen molar-refractivity contribution in [1.82, 2.24) is 0 Å². The van der Waals surface area contributed by atoms with Crippen LogP contribution in [0, 0.1) is 5.92 Å². The minimum absolute atomic E-state index is 0.0137. The molecular weight excluding hydrogens is 515 g/mol. The predicted octanol–water partition coefficient (Wildman–Crippen LogP) is 7.76. The molecule has 0 saturated heterocycles. The smallest absolute Gasteiger partial charge is 0.388 e. The molecule has 0 radical (unpaired) electrons. The minimum Gasteiger partial charge on any atom is -0.388 e. The van der Waals surface area contributed by atoms with Crippen LogP contribution in [-0.2, 0) is 0 Å². The molecule has 35 heavy (non-hydrogen) atoms. The van der Waals surface area contributed by atoms with Crippen molar-refractivity contribution in [2.24, 2.45) is 5.92 Å². The summed E-state index contributed by atoms with van der Waals surface area (Å²) in [6, 6.07) is 12.4. The van der Waals surface area contributed by atoms with Gasteiger partial charge in [0.1, 0.15) is 0 Å². The second-order valence-electron chi connectivity index (χ2n) is 7.64. The molecule has 1 N–H and O–H groups in total. The summed E-state index contributed by atoms with van der Waals surface area (Å²) in [5, 5.41) is 10.0. The van der Waals surface area contributed by atoms with Crippen LogP contribution >= 0.6 is 0 Å². The van der Waals surface area contributed by atoms with E-state index in [1.54, 1.807) is 30.3 Å².